The van der Waals surface area contributed by atoms with Crippen molar-refractivity contribution in [3.63, 3.8) is 0 Å². The second-order valence-corrected chi connectivity index (χ2v) is 5.98. The molecule has 5 heteroatoms. The summed E-state index contributed by atoms with van der Waals surface area (Å²) in [6.07, 6.45) is 4.83. The largest absolute Gasteiger partial charge is 0.342 e. The smallest absolute Gasteiger partial charge is 0.279 e. The minimum absolute atomic E-state index is 0.00126. The predicted octanol–water partition coefficient (Wildman–Crippen LogP) is 0.388. The summed E-state index contributed by atoms with van der Waals surface area (Å²) in [7, 11) is 0. The van der Waals surface area contributed by atoms with E-state index < -0.39 is 0 Å². The number of para-hydroxylation sites is 1. The number of amides is 2. The highest BCUT2D eigenvalue weighted by molar-refractivity contribution is 5.95. The van der Waals surface area contributed by atoms with Gasteiger partial charge in [-0.25, -0.2) is 0 Å². The van der Waals surface area contributed by atoms with E-state index in [0.29, 0.717) is 12.1 Å². The van der Waals surface area contributed by atoms with Crippen molar-refractivity contribution in [3.05, 3.63) is 30.3 Å². The molecule has 0 radical (unpaired) electrons. The molecule has 0 unspecified atom stereocenters. The number of nitrogens with one attached hydrogen (secondary N) is 2. The fraction of sp³-hybridized carbons (Fsp3) is 0.500. The molecule has 2 amide bonds. The number of rotatable bonds is 3. The summed E-state index contributed by atoms with van der Waals surface area (Å²) in [5.41, 5.74) is 0.772. The van der Waals surface area contributed by atoms with E-state index in [2.05, 4.69) is 16.0 Å². The lowest BCUT2D eigenvalue weighted by Gasteiger charge is -2.37. The zero-order valence-corrected chi connectivity index (χ0v) is 12.0. The van der Waals surface area contributed by atoms with E-state index in [4.69, 9.17) is 0 Å². The standard InChI is InChI=1S/C16H21N3O2/c20-15(17-11-6-2-1-3-7-11)10-14-16(21)19-13-9-5-4-8-12(13)18-14/h1-3,6-7,12-14,18H,4-5,8-10H2,(H,17,20)(H,19,21)/p+1/t12-,13+,14+/m1/s1. The van der Waals surface area contributed by atoms with Crippen molar-refractivity contribution in [2.24, 2.45) is 0 Å². The van der Waals surface area contributed by atoms with Crippen LogP contribution in [0.4, 0.5) is 5.69 Å². The van der Waals surface area contributed by atoms with Gasteiger partial charge in [-0.2, -0.15) is 0 Å². The highest BCUT2D eigenvalue weighted by Crippen LogP contribution is 2.18. The molecule has 1 saturated carbocycles. The quantitative estimate of drug-likeness (QED) is 0.752. The van der Waals surface area contributed by atoms with Gasteiger partial charge in [0.1, 0.15) is 6.04 Å². The molecule has 1 aliphatic heterocycles. The first-order valence-electron chi connectivity index (χ1n) is 7.72. The van der Waals surface area contributed by atoms with Crippen molar-refractivity contribution in [2.75, 3.05) is 5.32 Å². The summed E-state index contributed by atoms with van der Waals surface area (Å²) in [6, 6.07) is 9.78. The second-order valence-electron chi connectivity index (χ2n) is 5.98. The Bertz CT molecular complexity index is 518. The molecular formula is C16H22N3O2+. The average molecular weight is 288 g/mol. The van der Waals surface area contributed by atoms with E-state index in [-0.39, 0.29) is 24.3 Å². The summed E-state index contributed by atoms with van der Waals surface area (Å²) in [4.78, 5) is 24.2. The highest BCUT2D eigenvalue weighted by Gasteiger charge is 2.40. The number of carbonyl (C=O) groups excluding carboxylic acids is 2. The molecule has 1 aromatic carbocycles. The van der Waals surface area contributed by atoms with Gasteiger partial charge >= 0.3 is 0 Å². The van der Waals surface area contributed by atoms with E-state index in [0.717, 1.165) is 18.5 Å². The SMILES string of the molecule is O=C(C[C@@H]1[NH2+][C@@H]2CCCC[C@@H]2NC1=O)Nc1ccccc1. The van der Waals surface area contributed by atoms with Gasteiger partial charge in [-0.3, -0.25) is 9.59 Å². The van der Waals surface area contributed by atoms with Crippen molar-refractivity contribution < 1.29 is 14.9 Å². The van der Waals surface area contributed by atoms with Crippen LogP contribution in [-0.4, -0.2) is 29.9 Å². The van der Waals surface area contributed by atoms with Gasteiger partial charge < -0.3 is 16.0 Å². The van der Waals surface area contributed by atoms with E-state index in [1.165, 1.54) is 12.8 Å². The molecular weight excluding hydrogens is 266 g/mol. The molecule has 2 fully saturated rings. The zero-order valence-electron chi connectivity index (χ0n) is 12.0. The summed E-state index contributed by atoms with van der Waals surface area (Å²) >= 11 is 0. The fourth-order valence-electron chi connectivity index (χ4n) is 3.34. The van der Waals surface area contributed by atoms with Crippen LogP contribution in [0.5, 0.6) is 0 Å². The van der Waals surface area contributed by atoms with Crippen LogP contribution in [0.2, 0.25) is 0 Å². The van der Waals surface area contributed by atoms with Crippen LogP contribution in [-0.2, 0) is 9.59 Å². The average Bonchev–Trinajstić information content (AvgIpc) is 2.49. The normalized spacial score (nSPS) is 28.4. The maximum atomic E-state index is 12.1. The minimum atomic E-state index is -0.298. The Kier molecular flexibility index (Phi) is 4.20. The number of piperazine rings is 1. The monoisotopic (exact) mass is 288 g/mol. The molecule has 2 aliphatic rings. The summed E-state index contributed by atoms with van der Waals surface area (Å²) < 4.78 is 0. The molecule has 1 aliphatic carbocycles. The van der Waals surface area contributed by atoms with E-state index in [9.17, 15) is 9.59 Å². The van der Waals surface area contributed by atoms with Gasteiger partial charge in [0.15, 0.2) is 6.04 Å². The van der Waals surface area contributed by atoms with Crippen molar-refractivity contribution in [2.45, 2.75) is 50.2 Å². The fourth-order valence-corrected chi connectivity index (χ4v) is 3.34. The lowest BCUT2D eigenvalue weighted by atomic mass is 9.87. The Labute approximate surface area is 124 Å². The van der Waals surface area contributed by atoms with Gasteiger partial charge in [-0.1, -0.05) is 24.6 Å². The van der Waals surface area contributed by atoms with Crippen molar-refractivity contribution >= 4 is 17.5 Å². The molecule has 0 spiro atoms. The van der Waals surface area contributed by atoms with E-state index in [1.54, 1.807) is 0 Å². The van der Waals surface area contributed by atoms with Crippen LogP contribution >= 0.6 is 0 Å². The molecule has 112 valence electrons. The first-order chi connectivity index (χ1) is 10.2. The first kappa shape index (κ1) is 14.1. The zero-order chi connectivity index (χ0) is 14.7. The highest BCUT2D eigenvalue weighted by atomic mass is 16.2. The van der Waals surface area contributed by atoms with E-state index >= 15 is 0 Å². The van der Waals surface area contributed by atoms with Gasteiger partial charge in [0, 0.05) is 12.1 Å². The molecule has 5 nitrogen and oxygen atoms in total. The molecule has 0 aromatic heterocycles. The lowest BCUT2D eigenvalue weighted by Crippen LogP contribution is -3.03. The predicted molar refractivity (Wildman–Crippen MR) is 79.6 cm³/mol. The van der Waals surface area contributed by atoms with Gasteiger partial charge in [0.2, 0.25) is 5.91 Å². The Balaban J connectivity index is 1.56. The Morgan fingerprint density at radius 3 is 2.81 bits per heavy atom. The number of benzene rings is 1. The molecule has 1 aromatic rings. The maximum Gasteiger partial charge on any atom is 0.279 e. The molecule has 1 heterocycles. The van der Waals surface area contributed by atoms with Crippen molar-refractivity contribution in [3.8, 4) is 0 Å². The van der Waals surface area contributed by atoms with Crippen molar-refractivity contribution in [1.82, 2.24) is 5.32 Å². The van der Waals surface area contributed by atoms with Crippen LogP contribution in [0, 0.1) is 0 Å². The number of hydrogen-bond donors (Lipinski definition) is 3. The molecule has 4 N–H and O–H groups in total. The van der Waals surface area contributed by atoms with Crippen LogP contribution in [0.3, 0.4) is 0 Å². The van der Waals surface area contributed by atoms with Gasteiger partial charge in [-0.05, 0) is 25.0 Å². The number of quaternary nitrogens is 1. The lowest BCUT2D eigenvalue weighted by molar-refractivity contribution is -0.718. The van der Waals surface area contributed by atoms with Crippen molar-refractivity contribution in [1.29, 1.82) is 0 Å². The molecule has 0 bridgehead atoms. The topological polar surface area (TPSA) is 74.8 Å². The third kappa shape index (κ3) is 3.42. The number of carbonyl (C=O) groups is 2. The Morgan fingerprint density at radius 2 is 2.00 bits per heavy atom. The summed E-state index contributed by atoms with van der Waals surface area (Å²) in [5.74, 6) is -0.103. The molecule has 3 atom stereocenters. The first-order valence-corrected chi connectivity index (χ1v) is 7.72. The summed E-state index contributed by atoms with van der Waals surface area (Å²) in [5, 5.41) is 8.03. The number of anilines is 1. The van der Waals surface area contributed by atoms with Crippen LogP contribution in [0.15, 0.2) is 30.3 Å². The van der Waals surface area contributed by atoms with Crippen LogP contribution in [0.25, 0.3) is 0 Å². The van der Waals surface area contributed by atoms with Gasteiger partial charge in [-0.15, -0.1) is 0 Å². The van der Waals surface area contributed by atoms with E-state index in [1.807, 2.05) is 30.3 Å². The molecule has 3 rings (SSSR count). The number of hydrogen-bond acceptors (Lipinski definition) is 2. The second kappa shape index (κ2) is 6.26. The van der Waals surface area contributed by atoms with Crippen LogP contribution in [0.1, 0.15) is 32.1 Å². The van der Waals surface area contributed by atoms with Crippen LogP contribution < -0.4 is 16.0 Å². The Morgan fingerprint density at radius 1 is 1.24 bits per heavy atom. The number of fused-ring (bicyclic) bond motifs is 1. The number of nitrogens with two attached hydrogens (primary N) is 1. The molecule has 1 saturated heterocycles. The third-order valence-electron chi connectivity index (χ3n) is 4.43. The van der Waals surface area contributed by atoms with Gasteiger partial charge in [0.25, 0.3) is 5.91 Å². The third-order valence-corrected chi connectivity index (χ3v) is 4.43. The van der Waals surface area contributed by atoms with Gasteiger partial charge in [0.05, 0.1) is 12.5 Å². The maximum absolute atomic E-state index is 12.1. The summed E-state index contributed by atoms with van der Waals surface area (Å²) in [6.45, 7) is 0. The molecule has 21 heavy (non-hydrogen) atoms. The Hall–Kier alpha value is -1.88. The minimum Gasteiger partial charge on any atom is -0.342 e.